The van der Waals surface area contributed by atoms with Gasteiger partial charge in [-0.3, -0.25) is 5.43 Å². The highest BCUT2D eigenvalue weighted by atomic mass is 19.2. The van der Waals surface area contributed by atoms with Crippen LogP contribution in [0.3, 0.4) is 0 Å². The molecule has 0 atom stereocenters. The van der Waals surface area contributed by atoms with Gasteiger partial charge in [0.1, 0.15) is 5.69 Å². The molecule has 1 aromatic heterocycles. The molecule has 5 nitrogen and oxygen atoms in total. The van der Waals surface area contributed by atoms with Crippen molar-refractivity contribution in [2.45, 2.75) is 20.8 Å². The molecule has 0 spiro atoms. The van der Waals surface area contributed by atoms with Crippen molar-refractivity contribution >= 4 is 11.4 Å². The van der Waals surface area contributed by atoms with E-state index in [9.17, 15) is 17.6 Å². The topological polar surface area (TPSA) is 55.7 Å². The fourth-order valence-electron chi connectivity index (χ4n) is 2.07. The zero-order valence-electron chi connectivity index (χ0n) is 14.4. The highest BCUT2D eigenvalue weighted by Crippen LogP contribution is 2.29. The summed E-state index contributed by atoms with van der Waals surface area (Å²) in [6.45, 7) is 6.04. The predicted molar refractivity (Wildman–Crippen MR) is 88.7 cm³/mol. The molecule has 2 aromatic rings. The molecule has 0 aliphatic carbocycles. The molecule has 0 radical (unpaired) electrons. The first kappa shape index (κ1) is 19.5. The Morgan fingerprint density at radius 2 is 1.58 bits per heavy atom. The number of hydrazone groups is 1. The van der Waals surface area contributed by atoms with E-state index < -0.39 is 29.2 Å². The lowest BCUT2D eigenvalue weighted by Crippen LogP contribution is -2.08. The van der Waals surface area contributed by atoms with Crippen molar-refractivity contribution in [3.63, 3.8) is 0 Å². The van der Waals surface area contributed by atoms with Gasteiger partial charge in [0.2, 0.25) is 11.6 Å². The third-order valence-electron chi connectivity index (χ3n) is 3.29. The van der Waals surface area contributed by atoms with Crippen molar-refractivity contribution in [3.8, 4) is 11.5 Å². The lowest BCUT2D eigenvalue weighted by molar-refractivity contribution is 0.287. The lowest BCUT2D eigenvalue weighted by Gasteiger charge is -2.12. The molecule has 0 aliphatic heterocycles. The summed E-state index contributed by atoms with van der Waals surface area (Å²) in [6.07, 6.45) is 0. The van der Waals surface area contributed by atoms with Gasteiger partial charge in [0.15, 0.2) is 11.5 Å². The number of benzene rings is 1. The fraction of sp³-hybridized carbons (Fsp3) is 0.294. The second-order valence-electron chi connectivity index (χ2n) is 5.03. The van der Waals surface area contributed by atoms with Gasteiger partial charge in [-0.05, 0) is 39.0 Å². The number of hydrogen-bond donors (Lipinski definition) is 1. The van der Waals surface area contributed by atoms with Gasteiger partial charge >= 0.3 is 0 Å². The molecule has 9 heteroatoms. The summed E-state index contributed by atoms with van der Waals surface area (Å²) < 4.78 is 64.3. The molecule has 1 heterocycles. The van der Waals surface area contributed by atoms with Crippen LogP contribution < -0.4 is 14.9 Å². The molecule has 0 saturated heterocycles. The van der Waals surface area contributed by atoms with Crippen molar-refractivity contribution in [1.82, 2.24) is 4.98 Å². The van der Waals surface area contributed by atoms with Gasteiger partial charge in [0.05, 0.1) is 18.9 Å². The Morgan fingerprint density at radius 1 is 1.00 bits per heavy atom. The van der Waals surface area contributed by atoms with Crippen LogP contribution in [-0.2, 0) is 0 Å². The molecule has 0 unspecified atom stereocenters. The maximum atomic E-state index is 13.6. The standard InChI is InChI=1S/C17H17F4N3O2/c1-4-25-11-7-6-10(8-12(11)26-5-2)9(3)23-24-15-13(18)16(20)22-17(21)14(15)19/h6-8H,4-5H2,1-3H3,(H,22,24)/b23-9-. The van der Waals surface area contributed by atoms with Crippen LogP contribution in [0.1, 0.15) is 26.3 Å². The second-order valence-corrected chi connectivity index (χ2v) is 5.03. The third-order valence-corrected chi connectivity index (χ3v) is 3.29. The van der Waals surface area contributed by atoms with E-state index in [2.05, 4.69) is 10.1 Å². The van der Waals surface area contributed by atoms with Gasteiger partial charge < -0.3 is 9.47 Å². The van der Waals surface area contributed by atoms with Crippen molar-refractivity contribution in [2.75, 3.05) is 18.6 Å². The van der Waals surface area contributed by atoms with Crippen LogP contribution in [0.25, 0.3) is 0 Å². The molecule has 0 aliphatic rings. The highest BCUT2D eigenvalue weighted by Gasteiger charge is 2.20. The number of ether oxygens (including phenoxy) is 2. The zero-order valence-corrected chi connectivity index (χ0v) is 14.4. The summed E-state index contributed by atoms with van der Waals surface area (Å²) in [5.74, 6) is -5.85. The SMILES string of the molecule is CCOc1ccc(/C(C)=N\Nc2c(F)c(F)nc(F)c2F)cc1OCC. The smallest absolute Gasteiger partial charge is 0.254 e. The summed E-state index contributed by atoms with van der Waals surface area (Å²) in [5.41, 5.74) is 1.79. The molecule has 1 N–H and O–H groups in total. The third kappa shape index (κ3) is 4.22. The minimum Gasteiger partial charge on any atom is -0.490 e. The Hall–Kier alpha value is -2.84. The first-order valence-corrected chi connectivity index (χ1v) is 7.79. The monoisotopic (exact) mass is 371 g/mol. The second kappa shape index (κ2) is 8.50. The molecular formula is C17H17F4N3O2. The van der Waals surface area contributed by atoms with Gasteiger partial charge in [-0.25, -0.2) is 0 Å². The largest absolute Gasteiger partial charge is 0.490 e. The van der Waals surface area contributed by atoms with Gasteiger partial charge in [-0.1, -0.05) is 0 Å². The number of rotatable bonds is 7. The van der Waals surface area contributed by atoms with E-state index in [-0.39, 0.29) is 0 Å². The van der Waals surface area contributed by atoms with Crippen LogP contribution in [-0.4, -0.2) is 23.9 Å². The molecule has 1 aromatic carbocycles. The molecule has 140 valence electrons. The van der Waals surface area contributed by atoms with Gasteiger partial charge in [-0.2, -0.15) is 27.6 Å². The normalized spacial score (nSPS) is 11.4. The molecule has 0 fully saturated rings. The highest BCUT2D eigenvalue weighted by molar-refractivity contribution is 5.99. The average Bonchev–Trinajstić information content (AvgIpc) is 2.61. The summed E-state index contributed by atoms with van der Waals surface area (Å²) in [6, 6.07) is 4.96. The Morgan fingerprint density at radius 3 is 2.15 bits per heavy atom. The lowest BCUT2D eigenvalue weighted by atomic mass is 10.1. The molecule has 2 rings (SSSR count). The van der Waals surface area contributed by atoms with Crippen molar-refractivity contribution in [1.29, 1.82) is 0 Å². The first-order chi connectivity index (χ1) is 12.4. The van der Waals surface area contributed by atoms with Crippen LogP contribution in [0.5, 0.6) is 11.5 Å². The minimum absolute atomic E-state index is 0.297. The van der Waals surface area contributed by atoms with Crippen LogP contribution in [0, 0.1) is 23.5 Å². The zero-order chi connectivity index (χ0) is 19.3. The minimum atomic E-state index is -1.76. The van der Waals surface area contributed by atoms with E-state index in [0.29, 0.717) is 36.0 Å². The number of nitrogens with zero attached hydrogens (tertiary/aromatic N) is 2. The van der Waals surface area contributed by atoms with E-state index in [1.807, 2.05) is 19.3 Å². The Bertz CT molecular complexity index is 802. The summed E-state index contributed by atoms with van der Waals surface area (Å²) in [5, 5.41) is 3.77. The van der Waals surface area contributed by atoms with Gasteiger partial charge in [0, 0.05) is 5.56 Å². The van der Waals surface area contributed by atoms with Crippen molar-refractivity contribution in [2.24, 2.45) is 5.10 Å². The van der Waals surface area contributed by atoms with Crippen LogP contribution in [0.4, 0.5) is 23.2 Å². The summed E-state index contributed by atoms with van der Waals surface area (Å²) in [4.78, 5) is 2.48. The van der Waals surface area contributed by atoms with Crippen LogP contribution in [0.2, 0.25) is 0 Å². The summed E-state index contributed by atoms with van der Waals surface area (Å²) >= 11 is 0. The fourth-order valence-corrected chi connectivity index (χ4v) is 2.07. The average molecular weight is 371 g/mol. The van der Waals surface area contributed by atoms with Gasteiger partial charge in [0.25, 0.3) is 11.9 Å². The van der Waals surface area contributed by atoms with E-state index in [1.165, 1.54) is 0 Å². The van der Waals surface area contributed by atoms with Crippen LogP contribution >= 0.6 is 0 Å². The number of halogens is 4. The van der Waals surface area contributed by atoms with Crippen molar-refractivity contribution < 1.29 is 27.0 Å². The predicted octanol–water partition coefficient (Wildman–Crippen LogP) is 4.27. The van der Waals surface area contributed by atoms with Crippen LogP contribution in [0.15, 0.2) is 23.3 Å². The number of anilines is 1. The molecule has 26 heavy (non-hydrogen) atoms. The Kier molecular flexibility index (Phi) is 6.37. The first-order valence-electron chi connectivity index (χ1n) is 7.79. The van der Waals surface area contributed by atoms with E-state index in [0.717, 1.165) is 0 Å². The maximum absolute atomic E-state index is 13.6. The number of aromatic nitrogens is 1. The quantitative estimate of drug-likeness (QED) is 0.342. The molecule has 0 amide bonds. The number of pyridine rings is 1. The molecular weight excluding hydrogens is 354 g/mol. The van der Waals surface area contributed by atoms with Crippen molar-refractivity contribution in [3.05, 3.63) is 47.3 Å². The Labute approximate surface area is 147 Å². The summed E-state index contributed by atoms with van der Waals surface area (Å²) in [7, 11) is 0. The van der Waals surface area contributed by atoms with E-state index in [4.69, 9.17) is 9.47 Å². The number of nitrogens with one attached hydrogen (secondary N) is 1. The van der Waals surface area contributed by atoms with E-state index in [1.54, 1.807) is 25.1 Å². The molecule has 0 bridgehead atoms. The number of hydrogen-bond acceptors (Lipinski definition) is 5. The van der Waals surface area contributed by atoms with Gasteiger partial charge in [-0.15, -0.1) is 0 Å². The maximum Gasteiger partial charge on any atom is 0.254 e. The Balaban J connectivity index is 2.32. The van der Waals surface area contributed by atoms with E-state index >= 15 is 0 Å². The molecule has 0 saturated carbocycles.